The van der Waals surface area contributed by atoms with Gasteiger partial charge in [0.25, 0.3) is 0 Å². The Bertz CT molecular complexity index is 496. The minimum absolute atomic E-state index is 0.654. The van der Waals surface area contributed by atoms with Crippen LogP contribution in [-0.2, 0) is 5.75 Å². The molecule has 1 aromatic carbocycles. The molecule has 0 atom stereocenters. The molecule has 0 unspecified atom stereocenters. The van der Waals surface area contributed by atoms with Crippen molar-refractivity contribution in [2.24, 2.45) is 0 Å². The molecule has 0 saturated heterocycles. The van der Waals surface area contributed by atoms with Gasteiger partial charge in [-0.25, -0.2) is 4.98 Å². The quantitative estimate of drug-likeness (QED) is 0.671. The van der Waals surface area contributed by atoms with Gasteiger partial charge in [-0.15, -0.1) is 11.8 Å². The first-order chi connectivity index (χ1) is 8.13. The van der Waals surface area contributed by atoms with Crippen LogP contribution in [0.5, 0.6) is 0 Å². The van der Waals surface area contributed by atoms with Crippen LogP contribution in [0.2, 0.25) is 5.02 Å². The number of hydrogen-bond acceptors (Lipinski definition) is 3. The highest BCUT2D eigenvalue weighted by Crippen LogP contribution is 2.25. The number of nitrogens with two attached hydrogens (primary N) is 1. The standard InChI is InChI=1S/C12H10BrClN2S/c13-9-3-8(4-11(15)5-9)7-17-12-2-1-10(14)6-16-12/h1-6H,7,15H2. The van der Waals surface area contributed by atoms with E-state index in [0.717, 1.165) is 20.9 Å². The van der Waals surface area contributed by atoms with Crippen LogP contribution >= 0.6 is 39.3 Å². The van der Waals surface area contributed by atoms with Gasteiger partial charge in [0.1, 0.15) is 0 Å². The molecule has 17 heavy (non-hydrogen) atoms. The number of rotatable bonds is 3. The van der Waals surface area contributed by atoms with Crippen LogP contribution in [0.25, 0.3) is 0 Å². The zero-order chi connectivity index (χ0) is 12.3. The summed E-state index contributed by atoms with van der Waals surface area (Å²) in [5, 5.41) is 1.61. The molecule has 1 heterocycles. The lowest BCUT2D eigenvalue weighted by molar-refractivity contribution is 1.13. The molecule has 0 aliphatic rings. The number of pyridine rings is 1. The van der Waals surface area contributed by atoms with E-state index in [-0.39, 0.29) is 0 Å². The highest BCUT2D eigenvalue weighted by atomic mass is 79.9. The fraction of sp³-hybridized carbons (Fsp3) is 0.0833. The maximum absolute atomic E-state index is 5.78. The molecule has 2 N–H and O–H groups in total. The van der Waals surface area contributed by atoms with Crippen LogP contribution in [0.3, 0.4) is 0 Å². The summed E-state index contributed by atoms with van der Waals surface area (Å²) < 4.78 is 0.997. The Hall–Kier alpha value is -0.710. The van der Waals surface area contributed by atoms with Gasteiger partial charge in [-0.1, -0.05) is 27.5 Å². The molecule has 1 aromatic heterocycles. The molecule has 2 aromatic rings. The van der Waals surface area contributed by atoms with Gasteiger partial charge in [-0.2, -0.15) is 0 Å². The summed E-state index contributed by atoms with van der Waals surface area (Å²) in [6, 6.07) is 9.65. The van der Waals surface area contributed by atoms with Gasteiger partial charge in [0.15, 0.2) is 0 Å². The lowest BCUT2D eigenvalue weighted by atomic mass is 10.2. The average Bonchev–Trinajstić information content (AvgIpc) is 2.27. The Morgan fingerprint density at radius 3 is 2.76 bits per heavy atom. The maximum Gasteiger partial charge on any atom is 0.0964 e. The fourth-order valence-electron chi connectivity index (χ4n) is 1.36. The van der Waals surface area contributed by atoms with Crippen molar-refractivity contribution in [1.82, 2.24) is 4.98 Å². The Labute approximate surface area is 118 Å². The third-order valence-electron chi connectivity index (χ3n) is 2.07. The monoisotopic (exact) mass is 328 g/mol. The summed E-state index contributed by atoms with van der Waals surface area (Å²) in [5.74, 6) is 0.832. The number of benzene rings is 1. The van der Waals surface area contributed by atoms with E-state index in [0.29, 0.717) is 5.02 Å². The van der Waals surface area contributed by atoms with Crippen molar-refractivity contribution in [1.29, 1.82) is 0 Å². The fourth-order valence-corrected chi connectivity index (χ4v) is 2.81. The third kappa shape index (κ3) is 3.91. The van der Waals surface area contributed by atoms with E-state index in [4.69, 9.17) is 17.3 Å². The molecule has 0 aliphatic heterocycles. The summed E-state index contributed by atoms with van der Waals surface area (Å²) in [4.78, 5) is 4.23. The zero-order valence-corrected chi connectivity index (χ0v) is 12.0. The van der Waals surface area contributed by atoms with Crippen molar-refractivity contribution in [2.75, 3.05) is 5.73 Å². The second-order valence-electron chi connectivity index (χ2n) is 3.50. The van der Waals surface area contributed by atoms with E-state index in [1.807, 2.05) is 24.3 Å². The van der Waals surface area contributed by atoms with Gasteiger partial charge in [0, 0.05) is 22.1 Å². The summed E-state index contributed by atoms with van der Waals surface area (Å²) in [7, 11) is 0. The third-order valence-corrected chi connectivity index (χ3v) is 3.76. The summed E-state index contributed by atoms with van der Waals surface area (Å²) in [6.07, 6.45) is 1.65. The van der Waals surface area contributed by atoms with Crippen molar-refractivity contribution in [3.63, 3.8) is 0 Å². The van der Waals surface area contributed by atoms with E-state index < -0.39 is 0 Å². The molecule has 0 aliphatic carbocycles. The van der Waals surface area contributed by atoms with Gasteiger partial charge in [-0.3, -0.25) is 0 Å². The smallest absolute Gasteiger partial charge is 0.0964 e. The molecule has 0 radical (unpaired) electrons. The van der Waals surface area contributed by atoms with E-state index in [1.54, 1.807) is 18.0 Å². The lowest BCUT2D eigenvalue weighted by Crippen LogP contribution is -1.88. The predicted molar refractivity (Wildman–Crippen MR) is 77.4 cm³/mol. The van der Waals surface area contributed by atoms with Gasteiger partial charge >= 0.3 is 0 Å². The van der Waals surface area contributed by atoms with E-state index in [9.17, 15) is 0 Å². The zero-order valence-electron chi connectivity index (χ0n) is 8.86. The van der Waals surface area contributed by atoms with Crippen LogP contribution in [-0.4, -0.2) is 4.98 Å². The Balaban J connectivity index is 2.04. The summed E-state index contributed by atoms with van der Waals surface area (Å²) >= 11 is 10.9. The normalized spacial score (nSPS) is 10.5. The van der Waals surface area contributed by atoms with Crippen molar-refractivity contribution in [2.45, 2.75) is 10.8 Å². The topological polar surface area (TPSA) is 38.9 Å². The number of aromatic nitrogens is 1. The second kappa shape index (κ2) is 5.76. The van der Waals surface area contributed by atoms with Crippen molar-refractivity contribution < 1.29 is 0 Å². The molecule has 0 bridgehead atoms. The van der Waals surface area contributed by atoms with Crippen LogP contribution in [0.1, 0.15) is 5.56 Å². The number of halogens is 2. The molecule has 0 spiro atoms. The number of nitrogens with zero attached hydrogens (tertiary/aromatic N) is 1. The average molecular weight is 330 g/mol. The lowest BCUT2D eigenvalue weighted by Gasteiger charge is -2.04. The molecule has 0 saturated carbocycles. The highest BCUT2D eigenvalue weighted by Gasteiger charge is 2.00. The van der Waals surface area contributed by atoms with Crippen molar-refractivity contribution in [3.8, 4) is 0 Å². The number of anilines is 1. The second-order valence-corrected chi connectivity index (χ2v) is 5.84. The van der Waals surface area contributed by atoms with Crippen LogP contribution in [0.15, 0.2) is 46.0 Å². The first-order valence-electron chi connectivity index (χ1n) is 4.93. The van der Waals surface area contributed by atoms with Crippen LogP contribution in [0.4, 0.5) is 5.69 Å². The Morgan fingerprint density at radius 1 is 1.29 bits per heavy atom. The number of nitrogen functional groups attached to an aromatic ring is 1. The van der Waals surface area contributed by atoms with Crippen LogP contribution in [0, 0.1) is 0 Å². The van der Waals surface area contributed by atoms with Gasteiger partial charge < -0.3 is 5.73 Å². The van der Waals surface area contributed by atoms with Crippen LogP contribution < -0.4 is 5.73 Å². The highest BCUT2D eigenvalue weighted by molar-refractivity contribution is 9.10. The van der Waals surface area contributed by atoms with Gasteiger partial charge in [0.2, 0.25) is 0 Å². The van der Waals surface area contributed by atoms with E-state index in [1.165, 1.54) is 5.56 Å². The maximum atomic E-state index is 5.78. The first-order valence-corrected chi connectivity index (χ1v) is 7.08. The Kier molecular flexibility index (Phi) is 4.31. The first kappa shape index (κ1) is 12.7. The minimum Gasteiger partial charge on any atom is -0.399 e. The molecule has 2 rings (SSSR count). The molecule has 0 amide bonds. The molecule has 2 nitrogen and oxygen atoms in total. The van der Waals surface area contributed by atoms with Crippen molar-refractivity contribution >= 4 is 45.0 Å². The van der Waals surface area contributed by atoms with Gasteiger partial charge in [0.05, 0.1) is 10.0 Å². The SMILES string of the molecule is Nc1cc(Br)cc(CSc2ccc(Cl)cn2)c1. The minimum atomic E-state index is 0.654. The predicted octanol–water partition coefficient (Wildman–Crippen LogP) is 4.37. The molecule has 0 fully saturated rings. The molecule has 5 heteroatoms. The summed E-state index contributed by atoms with van der Waals surface area (Å²) in [6.45, 7) is 0. The molecule has 88 valence electrons. The molecular weight excluding hydrogens is 320 g/mol. The van der Waals surface area contributed by atoms with E-state index >= 15 is 0 Å². The molecular formula is C12H10BrClN2S. The van der Waals surface area contributed by atoms with E-state index in [2.05, 4.69) is 27.0 Å². The Morgan fingerprint density at radius 2 is 2.12 bits per heavy atom. The largest absolute Gasteiger partial charge is 0.399 e. The number of thioether (sulfide) groups is 1. The van der Waals surface area contributed by atoms with Crippen molar-refractivity contribution in [3.05, 3.63) is 51.6 Å². The van der Waals surface area contributed by atoms with Gasteiger partial charge in [-0.05, 0) is 35.9 Å². The number of hydrogen-bond donors (Lipinski definition) is 1. The summed E-state index contributed by atoms with van der Waals surface area (Å²) in [5.41, 5.74) is 7.70.